The summed E-state index contributed by atoms with van der Waals surface area (Å²) in [7, 11) is 0. The number of carboxylic acids is 1. The molecule has 0 aliphatic carbocycles. The van der Waals surface area contributed by atoms with Crippen LogP contribution in [0.25, 0.3) is 0 Å². The molecule has 2 aromatic carbocycles. The Labute approximate surface area is 235 Å². The van der Waals surface area contributed by atoms with Gasteiger partial charge in [0.1, 0.15) is 0 Å². The number of hydrogen-bond donors (Lipinski definition) is 2. The molecule has 1 heterocycles. The zero-order valence-electron chi connectivity index (χ0n) is 22.5. The van der Waals surface area contributed by atoms with Gasteiger partial charge in [0.25, 0.3) is 5.91 Å². The van der Waals surface area contributed by atoms with Crippen molar-refractivity contribution in [2.75, 3.05) is 13.1 Å². The summed E-state index contributed by atoms with van der Waals surface area (Å²) >= 11 is 12.5. The number of halogens is 2. The van der Waals surface area contributed by atoms with Gasteiger partial charge in [-0.25, -0.2) is 4.79 Å². The average Bonchev–Trinajstić information content (AvgIpc) is 3.09. The number of carbonyl (C=O) groups excluding carboxylic acids is 2. The average molecular weight is 563 g/mol. The van der Waals surface area contributed by atoms with Gasteiger partial charge in [0.2, 0.25) is 0 Å². The Hall–Kier alpha value is -2.77. The second-order valence-corrected chi connectivity index (χ2v) is 11.6. The van der Waals surface area contributed by atoms with E-state index in [4.69, 9.17) is 28.3 Å². The van der Waals surface area contributed by atoms with Crippen molar-refractivity contribution in [3.05, 3.63) is 69.2 Å². The van der Waals surface area contributed by atoms with Crippen molar-refractivity contribution in [2.24, 2.45) is 11.8 Å². The maximum Gasteiger partial charge on any atom is 0.321 e. The van der Waals surface area contributed by atoms with E-state index >= 15 is 0 Å². The number of hydrogen-bond acceptors (Lipinski definition) is 3. The molecule has 38 heavy (non-hydrogen) atoms. The fourth-order valence-electron chi connectivity index (χ4n) is 4.80. The lowest BCUT2D eigenvalue weighted by Gasteiger charge is -2.39. The van der Waals surface area contributed by atoms with Crippen LogP contribution in [0.3, 0.4) is 0 Å². The number of aliphatic carboxylic acids is 1. The van der Waals surface area contributed by atoms with Gasteiger partial charge < -0.3 is 20.2 Å². The molecule has 1 aliphatic heterocycles. The van der Waals surface area contributed by atoms with E-state index in [1.54, 1.807) is 24.3 Å². The van der Waals surface area contributed by atoms with E-state index in [-0.39, 0.29) is 30.8 Å². The van der Waals surface area contributed by atoms with Crippen LogP contribution in [0, 0.1) is 11.8 Å². The molecule has 7 nitrogen and oxygen atoms in total. The lowest BCUT2D eigenvalue weighted by Crippen LogP contribution is -2.49. The lowest BCUT2D eigenvalue weighted by molar-refractivity contribution is -0.136. The maximum absolute atomic E-state index is 13.8. The summed E-state index contributed by atoms with van der Waals surface area (Å²) in [6.07, 6.45) is 1.95. The van der Waals surface area contributed by atoms with E-state index in [0.29, 0.717) is 41.2 Å². The second-order valence-electron chi connectivity index (χ2n) is 10.8. The van der Waals surface area contributed by atoms with Crippen LogP contribution >= 0.6 is 23.2 Å². The number of nitrogens with one attached hydrogen (secondary N) is 1. The number of carboxylic acid groups (broad SMARTS) is 1. The first-order valence-corrected chi connectivity index (χ1v) is 13.8. The number of urea groups is 1. The molecule has 1 saturated heterocycles. The van der Waals surface area contributed by atoms with Gasteiger partial charge in [-0.05, 0) is 60.6 Å². The Morgan fingerprint density at radius 1 is 1.05 bits per heavy atom. The van der Waals surface area contributed by atoms with Crippen LogP contribution < -0.4 is 5.32 Å². The van der Waals surface area contributed by atoms with Crippen LogP contribution in [0.2, 0.25) is 10.0 Å². The Bertz CT molecular complexity index is 1160. The summed E-state index contributed by atoms with van der Waals surface area (Å²) in [4.78, 5) is 40.6. The molecule has 0 bridgehead atoms. The van der Waals surface area contributed by atoms with Gasteiger partial charge in [-0.15, -0.1) is 0 Å². The second kappa shape index (κ2) is 12.9. The van der Waals surface area contributed by atoms with E-state index in [1.165, 1.54) is 0 Å². The SMILES string of the molecule is CC(C)CCC(C)C1(C)CN(Cc2ccc(Cl)cc2Cl)C(=O)N1Cc1ccc(C(=O)NCCC(=O)O)cc1. The van der Waals surface area contributed by atoms with Crippen molar-refractivity contribution in [3.8, 4) is 0 Å². The van der Waals surface area contributed by atoms with E-state index in [1.807, 2.05) is 28.0 Å². The van der Waals surface area contributed by atoms with Crippen molar-refractivity contribution in [1.82, 2.24) is 15.1 Å². The Balaban J connectivity index is 1.80. The predicted octanol–water partition coefficient (Wildman–Crippen LogP) is 6.47. The van der Waals surface area contributed by atoms with Crippen molar-refractivity contribution in [1.29, 1.82) is 0 Å². The summed E-state index contributed by atoms with van der Waals surface area (Å²) in [5.41, 5.74) is 1.81. The Morgan fingerprint density at radius 3 is 2.34 bits per heavy atom. The first-order chi connectivity index (χ1) is 17.9. The molecule has 2 N–H and O–H groups in total. The number of carbonyl (C=O) groups is 3. The van der Waals surface area contributed by atoms with Gasteiger partial charge in [0.05, 0.1) is 12.0 Å². The monoisotopic (exact) mass is 561 g/mol. The minimum absolute atomic E-state index is 0.0506. The summed E-state index contributed by atoms with van der Waals surface area (Å²) in [5, 5.41) is 12.5. The predicted molar refractivity (Wildman–Crippen MR) is 150 cm³/mol. The number of benzene rings is 2. The Morgan fingerprint density at radius 2 is 1.74 bits per heavy atom. The van der Waals surface area contributed by atoms with Crippen molar-refractivity contribution in [3.63, 3.8) is 0 Å². The molecule has 2 atom stereocenters. The fraction of sp³-hybridized carbons (Fsp3) is 0.483. The van der Waals surface area contributed by atoms with Crippen molar-refractivity contribution in [2.45, 2.75) is 65.6 Å². The molecule has 0 aromatic heterocycles. The zero-order chi connectivity index (χ0) is 28.0. The molecule has 3 amide bonds. The molecular weight excluding hydrogens is 525 g/mol. The minimum atomic E-state index is -0.964. The van der Waals surface area contributed by atoms with E-state index < -0.39 is 11.5 Å². The summed E-state index contributed by atoms with van der Waals surface area (Å²) in [6, 6.07) is 12.4. The smallest absolute Gasteiger partial charge is 0.321 e. The quantitative estimate of drug-likeness (QED) is 0.311. The third-order valence-corrected chi connectivity index (χ3v) is 8.01. The highest BCUT2D eigenvalue weighted by Crippen LogP contribution is 2.38. The summed E-state index contributed by atoms with van der Waals surface area (Å²) in [5.74, 6) is -0.453. The number of rotatable bonds is 12. The van der Waals surface area contributed by atoms with Crippen molar-refractivity contribution >= 4 is 41.1 Å². The van der Waals surface area contributed by atoms with Crippen LogP contribution in [0.15, 0.2) is 42.5 Å². The van der Waals surface area contributed by atoms with Crippen LogP contribution in [-0.4, -0.2) is 51.4 Å². The van der Waals surface area contributed by atoms with Crippen LogP contribution in [0.5, 0.6) is 0 Å². The van der Waals surface area contributed by atoms with Crippen LogP contribution in [0.1, 0.15) is 68.4 Å². The molecular formula is C29H37Cl2N3O4. The van der Waals surface area contributed by atoms with E-state index in [2.05, 4.69) is 33.0 Å². The lowest BCUT2D eigenvalue weighted by atomic mass is 9.81. The molecule has 0 radical (unpaired) electrons. The summed E-state index contributed by atoms with van der Waals surface area (Å²) in [6.45, 7) is 10.2. The Kier molecular flexibility index (Phi) is 10.1. The van der Waals surface area contributed by atoms with E-state index in [0.717, 1.165) is 24.0 Å². The molecule has 9 heteroatoms. The van der Waals surface area contributed by atoms with Gasteiger partial charge >= 0.3 is 12.0 Å². The normalized spacial score (nSPS) is 18.2. The van der Waals surface area contributed by atoms with Crippen LogP contribution in [0.4, 0.5) is 4.79 Å². The molecule has 1 fully saturated rings. The highest BCUT2D eigenvalue weighted by atomic mass is 35.5. The number of nitrogens with zero attached hydrogens (tertiary/aromatic N) is 2. The molecule has 206 valence electrons. The number of amides is 3. The standard InChI is InChI=1S/C29H37Cl2N3O4/c1-19(2)5-6-20(3)29(4)18-33(17-23-11-12-24(30)15-25(23)31)28(38)34(29)16-21-7-9-22(10-8-21)27(37)32-14-13-26(35)36/h7-12,15,19-20H,5-6,13-14,16-18H2,1-4H3,(H,32,37)(H,35,36). The summed E-state index contributed by atoms with van der Waals surface area (Å²) < 4.78 is 0. The first kappa shape index (κ1) is 29.8. The molecule has 1 aliphatic rings. The third-order valence-electron chi connectivity index (χ3n) is 7.43. The van der Waals surface area contributed by atoms with Gasteiger partial charge in [0, 0.05) is 41.8 Å². The van der Waals surface area contributed by atoms with Gasteiger partial charge in [-0.1, -0.05) is 68.6 Å². The van der Waals surface area contributed by atoms with Gasteiger partial charge in [0.15, 0.2) is 0 Å². The first-order valence-electron chi connectivity index (χ1n) is 13.0. The van der Waals surface area contributed by atoms with Gasteiger partial charge in [-0.2, -0.15) is 0 Å². The highest BCUT2D eigenvalue weighted by Gasteiger charge is 2.49. The largest absolute Gasteiger partial charge is 0.481 e. The van der Waals surface area contributed by atoms with Crippen LogP contribution in [-0.2, 0) is 17.9 Å². The minimum Gasteiger partial charge on any atom is -0.481 e. The maximum atomic E-state index is 13.8. The molecule has 3 rings (SSSR count). The fourth-order valence-corrected chi connectivity index (χ4v) is 5.27. The third kappa shape index (κ3) is 7.41. The molecule has 0 spiro atoms. The highest BCUT2D eigenvalue weighted by molar-refractivity contribution is 6.35. The van der Waals surface area contributed by atoms with Crippen molar-refractivity contribution < 1.29 is 19.5 Å². The molecule has 0 saturated carbocycles. The van der Waals surface area contributed by atoms with E-state index in [9.17, 15) is 14.4 Å². The zero-order valence-corrected chi connectivity index (χ0v) is 24.0. The molecule has 2 aromatic rings. The van der Waals surface area contributed by atoms with Gasteiger partial charge in [-0.3, -0.25) is 9.59 Å². The molecule has 2 unspecified atom stereocenters. The topological polar surface area (TPSA) is 90.0 Å².